The minimum absolute atomic E-state index is 0.0233. The van der Waals surface area contributed by atoms with Crippen molar-refractivity contribution in [3.63, 3.8) is 0 Å². The molecule has 1 aromatic rings. The molecule has 0 bridgehead atoms. The van der Waals surface area contributed by atoms with E-state index in [0.717, 1.165) is 31.8 Å². The first-order chi connectivity index (χ1) is 10.4. The molecule has 1 fully saturated rings. The summed E-state index contributed by atoms with van der Waals surface area (Å²) in [5, 5.41) is 17.2. The number of hydrogen-bond acceptors (Lipinski definition) is 4. The van der Waals surface area contributed by atoms with Crippen LogP contribution in [0.2, 0.25) is 0 Å². The highest BCUT2D eigenvalue weighted by Gasteiger charge is 2.22. The fourth-order valence-electron chi connectivity index (χ4n) is 3.52. The molecule has 1 aromatic heterocycles. The zero-order valence-electron chi connectivity index (χ0n) is 14.6. The molecule has 0 spiro atoms. The zero-order chi connectivity index (χ0) is 16.2. The minimum atomic E-state index is -0.0233. The Morgan fingerprint density at radius 3 is 2.55 bits per heavy atom. The summed E-state index contributed by atoms with van der Waals surface area (Å²) in [7, 11) is 0. The van der Waals surface area contributed by atoms with E-state index in [4.69, 9.17) is 5.11 Å². The van der Waals surface area contributed by atoms with Gasteiger partial charge in [-0.25, -0.2) is 4.68 Å². The molecule has 5 heteroatoms. The topological polar surface area (TPSA) is 54.2 Å². The van der Waals surface area contributed by atoms with E-state index >= 15 is 0 Å². The van der Waals surface area contributed by atoms with Gasteiger partial charge >= 0.3 is 0 Å². The van der Waals surface area contributed by atoms with Crippen LogP contribution < -0.4 is 0 Å². The fourth-order valence-corrected chi connectivity index (χ4v) is 3.52. The van der Waals surface area contributed by atoms with Gasteiger partial charge in [0, 0.05) is 13.1 Å². The van der Waals surface area contributed by atoms with Crippen LogP contribution in [-0.4, -0.2) is 44.6 Å². The van der Waals surface area contributed by atoms with Crippen LogP contribution in [-0.2, 0) is 6.61 Å². The van der Waals surface area contributed by atoms with Crippen LogP contribution in [0.15, 0.2) is 6.20 Å². The second-order valence-corrected chi connectivity index (χ2v) is 8.08. The maximum absolute atomic E-state index is 9.07. The molecular formula is C17H32N4O. The summed E-state index contributed by atoms with van der Waals surface area (Å²) >= 11 is 0. The lowest BCUT2D eigenvalue weighted by molar-refractivity contribution is 0.164. The molecule has 0 aliphatic carbocycles. The molecule has 1 atom stereocenters. The number of rotatable bonds is 6. The fraction of sp³-hybridized carbons (Fsp3) is 0.882. The summed E-state index contributed by atoms with van der Waals surface area (Å²) in [5.41, 5.74) is 1.10. The zero-order valence-corrected chi connectivity index (χ0v) is 14.6. The van der Waals surface area contributed by atoms with Crippen molar-refractivity contribution in [2.24, 2.45) is 11.3 Å². The van der Waals surface area contributed by atoms with Gasteiger partial charge in [0.25, 0.3) is 0 Å². The molecule has 0 unspecified atom stereocenters. The average molecular weight is 308 g/mol. The lowest BCUT2D eigenvalue weighted by Crippen LogP contribution is -2.36. The predicted octanol–water partition coefficient (Wildman–Crippen LogP) is 2.87. The summed E-state index contributed by atoms with van der Waals surface area (Å²) in [6.07, 6.45) is 6.72. The third-order valence-electron chi connectivity index (χ3n) is 4.55. The first kappa shape index (κ1) is 17.4. The molecule has 1 aliphatic heterocycles. The summed E-state index contributed by atoms with van der Waals surface area (Å²) in [6, 6.07) is 0.441. The normalized spacial score (nSPS) is 19.5. The highest BCUT2D eigenvalue weighted by molar-refractivity contribution is 4.91. The molecule has 0 saturated carbocycles. The van der Waals surface area contributed by atoms with Gasteiger partial charge in [-0.15, -0.1) is 5.10 Å². The van der Waals surface area contributed by atoms with E-state index in [2.05, 4.69) is 42.9 Å². The highest BCUT2D eigenvalue weighted by Crippen LogP contribution is 2.27. The van der Waals surface area contributed by atoms with Crippen molar-refractivity contribution in [2.75, 3.05) is 19.6 Å². The van der Waals surface area contributed by atoms with Crippen molar-refractivity contribution in [2.45, 2.75) is 66.0 Å². The Morgan fingerprint density at radius 2 is 2.00 bits per heavy atom. The Hall–Kier alpha value is -0.940. The summed E-state index contributed by atoms with van der Waals surface area (Å²) in [6.45, 7) is 12.8. The van der Waals surface area contributed by atoms with Gasteiger partial charge < -0.3 is 10.0 Å². The van der Waals surface area contributed by atoms with Crippen molar-refractivity contribution in [1.82, 2.24) is 19.9 Å². The number of aliphatic hydroxyl groups is 1. The highest BCUT2D eigenvalue weighted by atomic mass is 16.3. The van der Waals surface area contributed by atoms with E-state index < -0.39 is 0 Å². The quantitative estimate of drug-likeness (QED) is 0.878. The average Bonchev–Trinajstić information content (AvgIpc) is 2.93. The van der Waals surface area contributed by atoms with Crippen molar-refractivity contribution in [1.29, 1.82) is 0 Å². The number of likely N-dealkylation sites (tertiary alicyclic amines) is 1. The van der Waals surface area contributed by atoms with Crippen molar-refractivity contribution in [3.8, 4) is 0 Å². The van der Waals surface area contributed by atoms with Crippen molar-refractivity contribution < 1.29 is 5.11 Å². The lowest BCUT2D eigenvalue weighted by atomic mass is 9.84. The number of aliphatic hydroxyl groups excluding tert-OH is 1. The second kappa shape index (κ2) is 7.55. The van der Waals surface area contributed by atoms with Gasteiger partial charge in [0.15, 0.2) is 0 Å². The molecule has 126 valence electrons. The van der Waals surface area contributed by atoms with Gasteiger partial charge in [-0.05, 0) is 43.6 Å². The lowest BCUT2D eigenvalue weighted by Gasteiger charge is -2.33. The molecule has 5 nitrogen and oxygen atoms in total. The molecule has 1 aliphatic rings. The van der Waals surface area contributed by atoms with Crippen LogP contribution in [0.4, 0.5) is 0 Å². The van der Waals surface area contributed by atoms with Crippen LogP contribution >= 0.6 is 0 Å². The Bertz CT molecular complexity index is 444. The van der Waals surface area contributed by atoms with Gasteiger partial charge in [-0.3, -0.25) is 0 Å². The van der Waals surface area contributed by atoms with Gasteiger partial charge in [0.05, 0.1) is 18.8 Å². The smallest absolute Gasteiger partial charge is 0.108 e. The van der Waals surface area contributed by atoms with Crippen LogP contribution in [0.1, 0.15) is 65.1 Å². The Morgan fingerprint density at radius 1 is 1.32 bits per heavy atom. The van der Waals surface area contributed by atoms with Gasteiger partial charge in [0.2, 0.25) is 0 Å². The number of hydrogen-bond donors (Lipinski definition) is 1. The van der Waals surface area contributed by atoms with E-state index in [1.54, 1.807) is 0 Å². The Kier molecular flexibility index (Phi) is 5.98. The predicted molar refractivity (Wildman–Crippen MR) is 88.5 cm³/mol. The molecule has 22 heavy (non-hydrogen) atoms. The Balaban J connectivity index is 1.71. The maximum Gasteiger partial charge on any atom is 0.108 e. The van der Waals surface area contributed by atoms with Gasteiger partial charge in [-0.2, -0.15) is 0 Å². The summed E-state index contributed by atoms with van der Waals surface area (Å²) in [5.74, 6) is 0.792. The van der Waals surface area contributed by atoms with Crippen molar-refractivity contribution >= 4 is 0 Å². The monoisotopic (exact) mass is 308 g/mol. The molecule has 1 saturated heterocycles. The van der Waals surface area contributed by atoms with E-state index in [-0.39, 0.29) is 6.61 Å². The molecule has 2 rings (SSSR count). The molecular weight excluding hydrogens is 276 g/mol. The first-order valence-corrected chi connectivity index (χ1v) is 8.61. The standard InChI is InChI=1S/C17H32N4O/c1-14(11-17(2,3)4)5-8-20-9-6-16(7-10-20)21-12-15(13-22)18-19-21/h12,14,16,22H,5-11,13H2,1-4H3/t14-/m1/s1. The third kappa shape index (κ3) is 5.36. The summed E-state index contributed by atoms with van der Waals surface area (Å²) in [4.78, 5) is 2.58. The van der Waals surface area contributed by atoms with Crippen LogP contribution in [0.25, 0.3) is 0 Å². The molecule has 1 N–H and O–H groups in total. The van der Waals surface area contributed by atoms with Crippen LogP contribution in [0.3, 0.4) is 0 Å². The maximum atomic E-state index is 9.07. The van der Waals surface area contributed by atoms with Crippen LogP contribution in [0.5, 0.6) is 0 Å². The van der Waals surface area contributed by atoms with Gasteiger partial charge in [0.1, 0.15) is 5.69 Å². The number of aromatic nitrogens is 3. The molecule has 0 aromatic carbocycles. The number of piperidine rings is 1. The van der Waals surface area contributed by atoms with E-state index in [0.29, 0.717) is 17.2 Å². The van der Waals surface area contributed by atoms with E-state index in [9.17, 15) is 0 Å². The SMILES string of the molecule is C[C@H](CCN1CCC(n2cc(CO)nn2)CC1)CC(C)(C)C. The van der Waals surface area contributed by atoms with E-state index in [1.165, 1.54) is 19.4 Å². The third-order valence-corrected chi connectivity index (χ3v) is 4.55. The molecule has 0 amide bonds. The van der Waals surface area contributed by atoms with Crippen LogP contribution in [0, 0.1) is 11.3 Å². The summed E-state index contributed by atoms with van der Waals surface area (Å²) < 4.78 is 1.94. The van der Waals surface area contributed by atoms with Gasteiger partial charge in [-0.1, -0.05) is 32.9 Å². The molecule has 0 radical (unpaired) electrons. The minimum Gasteiger partial charge on any atom is -0.390 e. The van der Waals surface area contributed by atoms with E-state index in [1.807, 2.05) is 10.9 Å². The van der Waals surface area contributed by atoms with Crippen molar-refractivity contribution in [3.05, 3.63) is 11.9 Å². The largest absolute Gasteiger partial charge is 0.390 e. The Labute approximate surface area is 134 Å². The molecule has 2 heterocycles. The first-order valence-electron chi connectivity index (χ1n) is 8.61. The second-order valence-electron chi connectivity index (χ2n) is 8.08. The number of nitrogens with zero attached hydrogens (tertiary/aromatic N) is 4.